The molecular weight excluding hydrogens is 294 g/mol. The first kappa shape index (κ1) is 12.4. The first-order valence-electron chi connectivity index (χ1n) is 5.16. The number of halogens is 1. The van der Waals surface area contributed by atoms with Crippen LogP contribution in [-0.2, 0) is 0 Å². The predicted molar refractivity (Wildman–Crippen MR) is 73.1 cm³/mol. The SMILES string of the molecule is COc1ccc(-c2ccnc(N)c2C#N)cc1Br. The molecule has 1 aromatic heterocycles. The fourth-order valence-corrected chi connectivity index (χ4v) is 2.21. The quantitative estimate of drug-likeness (QED) is 0.926. The molecule has 0 saturated carbocycles. The van der Waals surface area contributed by atoms with Crippen LogP contribution in [0.15, 0.2) is 34.9 Å². The summed E-state index contributed by atoms with van der Waals surface area (Å²) in [7, 11) is 1.60. The Morgan fingerprint density at radius 1 is 1.39 bits per heavy atom. The second kappa shape index (κ2) is 5.07. The summed E-state index contributed by atoms with van der Waals surface area (Å²) in [6, 6.07) is 9.43. The topological polar surface area (TPSA) is 71.9 Å². The van der Waals surface area contributed by atoms with Gasteiger partial charge in [0.15, 0.2) is 0 Å². The molecule has 1 aromatic carbocycles. The number of hydrogen-bond acceptors (Lipinski definition) is 4. The summed E-state index contributed by atoms with van der Waals surface area (Å²) >= 11 is 3.41. The Kier molecular flexibility index (Phi) is 3.49. The third-order valence-electron chi connectivity index (χ3n) is 2.55. The lowest BCUT2D eigenvalue weighted by Gasteiger charge is -2.08. The lowest BCUT2D eigenvalue weighted by Crippen LogP contribution is -1.96. The summed E-state index contributed by atoms with van der Waals surface area (Å²) in [6.07, 6.45) is 1.59. The molecule has 4 nitrogen and oxygen atoms in total. The average molecular weight is 304 g/mol. The summed E-state index contributed by atoms with van der Waals surface area (Å²) in [5.74, 6) is 0.973. The van der Waals surface area contributed by atoms with Crippen molar-refractivity contribution < 1.29 is 4.74 Å². The Hall–Kier alpha value is -2.06. The van der Waals surface area contributed by atoms with Crippen molar-refractivity contribution in [1.29, 1.82) is 5.26 Å². The molecule has 1 heterocycles. The minimum Gasteiger partial charge on any atom is -0.496 e. The summed E-state index contributed by atoms with van der Waals surface area (Å²) in [6.45, 7) is 0. The van der Waals surface area contributed by atoms with Gasteiger partial charge >= 0.3 is 0 Å². The number of ether oxygens (including phenoxy) is 1. The van der Waals surface area contributed by atoms with Crippen molar-refractivity contribution in [2.75, 3.05) is 12.8 Å². The van der Waals surface area contributed by atoms with E-state index in [4.69, 9.17) is 15.7 Å². The van der Waals surface area contributed by atoms with Crippen LogP contribution in [0, 0.1) is 11.3 Å². The number of pyridine rings is 1. The highest BCUT2D eigenvalue weighted by Crippen LogP contribution is 2.32. The van der Waals surface area contributed by atoms with Gasteiger partial charge in [0, 0.05) is 11.8 Å². The molecule has 2 N–H and O–H groups in total. The van der Waals surface area contributed by atoms with Gasteiger partial charge in [0.2, 0.25) is 0 Å². The predicted octanol–water partition coefficient (Wildman–Crippen LogP) is 2.97. The summed E-state index contributed by atoms with van der Waals surface area (Å²) < 4.78 is 5.99. The number of anilines is 1. The molecule has 0 fully saturated rings. The number of nitriles is 1. The molecule has 90 valence electrons. The number of benzene rings is 1. The maximum absolute atomic E-state index is 9.12. The molecule has 0 saturated heterocycles. The van der Waals surface area contributed by atoms with Crippen LogP contribution < -0.4 is 10.5 Å². The molecule has 0 aliphatic heterocycles. The van der Waals surface area contributed by atoms with Gasteiger partial charge in [0.25, 0.3) is 0 Å². The normalized spacial score (nSPS) is 9.83. The Balaban J connectivity index is 2.60. The van der Waals surface area contributed by atoms with Gasteiger partial charge in [0.05, 0.1) is 11.6 Å². The molecule has 2 rings (SSSR count). The van der Waals surface area contributed by atoms with E-state index in [0.717, 1.165) is 21.3 Å². The van der Waals surface area contributed by atoms with Gasteiger partial charge in [-0.3, -0.25) is 0 Å². The number of nitrogen functional groups attached to an aromatic ring is 1. The fraction of sp³-hybridized carbons (Fsp3) is 0.0769. The highest BCUT2D eigenvalue weighted by atomic mass is 79.9. The molecule has 18 heavy (non-hydrogen) atoms. The third kappa shape index (κ3) is 2.15. The van der Waals surface area contributed by atoms with E-state index < -0.39 is 0 Å². The number of methoxy groups -OCH3 is 1. The summed E-state index contributed by atoms with van der Waals surface area (Å²) in [4.78, 5) is 3.91. The van der Waals surface area contributed by atoms with Gasteiger partial charge in [-0.2, -0.15) is 5.26 Å². The number of nitrogens with zero attached hydrogens (tertiary/aromatic N) is 2. The molecule has 0 spiro atoms. The monoisotopic (exact) mass is 303 g/mol. The van der Waals surface area contributed by atoms with Gasteiger partial charge in [-0.25, -0.2) is 4.98 Å². The number of hydrogen-bond donors (Lipinski definition) is 1. The highest BCUT2D eigenvalue weighted by molar-refractivity contribution is 9.10. The van der Waals surface area contributed by atoms with Crippen LogP contribution >= 0.6 is 15.9 Å². The van der Waals surface area contributed by atoms with Crippen LogP contribution in [0.1, 0.15) is 5.56 Å². The molecule has 0 radical (unpaired) electrons. The highest BCUT2D eigenvalue weighted by Gasteiger charge is 2.10. The molecule has 0 atom stereocenters. The summed E-state index contributed by atoms with van der Waals surface area (Å²) in [5.41, 5.74) is 7.72. The lowest BCUT2D eigenvalue weighted by atomic mass is 10.0. The lowest BCUT2D eigenvalue weighted by molar-refractivity contribution is 0.412. The minimum atomic E-state index is 0.238. The molecule has 0 unspecified atom stereocenters. The smallest absolute Gasteiger partial charge is 0.141 e. The number of aromatic nitrogens is 1. The van der Waals surface area contributed by atoms with Crippen LogP contribution in [0.2, 0.25) is 0 Å². The molecule has 0 bridgehead atoms. The van der Waals surface area contributed by atoms with Crippen molar-refractivity contribution in [2.45, 2.75) is 0 Å². The van der Waals surface area contributed by atoms with E-state index in [2.05, 4.69) is 27.0 Å². The number of nitrogens with two attached hydrogens (primary N) is 1. The van der Waals surface area contributed by atoms with Crippen LogP contribution in [0.3, 0.4) is 0 Å². The van der Waals surface area contributed by atoms with E-state index in [9.17, 15) is 0 Å². The van der Waals surface area contributed by atoms with E-state index in [1.54, 1.807) is 19.4 Å². The zero-order valence-electron chi connectivity index (χ0n) is 9.64. The van der Waals surface area contributed by atoms with Gasteiger partial charge in [0.1, 0.15) is 23.2 Å². The van der Waals surface area contributed by atoms with E-state index in [1.165, 1.54) is 0 Å². The molecule has 0 aliphatic rings. The van der Waals surface area contributed by atoms with Crippen molar-refractivity contribution >= 4 is 21.7 Å². The maximum atomic E-state index is 9.12. The molecule has 5 heteroatoms. The Morgan fingerprint density at radius 2 is 2.17 bits per heavy atom. The van der Waals surface area contributed by atoms with Gasteiger partial charge in [-0.05, 0) is 39.7 Å². The Morgan fingerprint density at radius 3 is 2.78 bits per heavy atom. The van der Waals surface area contributed by atoms with Gasteiger partial charge in [-0.1, -0.05) is 6.07 Å². The first-order chi connectivity index (χ1) is 8.67. The van der Waals surface area contributed by atoms with E-state index in [0.29, 0.717) is 5.56 Å². The zero-order chi connectivity index (χ0) is 13.1. The molecule has 0 amide bonds. The standard InChI is InChI=1S/C13H10BrN3O/c1-18-12-3-2-8(6-11(12)14)9-4-5-17-13(16)10(9)7-15/h2-6H,1H3,(H2,16,17). The molecule has 2 aromatic rings. The molecular formula is C13H10BrN3O. The van der Waals surface area contributed by atoms with Gasteiger partial charge in [-0.15, -0.1) is 0 Å². The maximum Gasteiger partial charge on any atom is 0.141 e. The van der Waals surface area contributed by atoms with Crippen molar-refractivity contribution in [3.63, 3.8) is 0 Å². The molecule has 0 aliphatic carbocycles. The van der Waals surface area contributed by atoms with Crippen molar-refractivity contribution in [3.8, 4) is 22.9 Å². The van der Waals surface area contributed by atoms with Crippen LogP contribution in [-0.4, -0.2) is 12.1 Å². The van der Waals surface area contributed by atoms with Gasteiger partial charge < -0.3 is 10.5 Å². The van der Waals surface area contributed by atoms with Crippen molar-refractivity contribution in [2.24, 2.45) is 0 Å². The van der Waals surface area contributed by atoms with Crippen molar-refractivity contribution in [1.82, 2.24) is 4.98 Å². The second-order valence-corrected chi connectivity index (χ2v) is 4.43. The Labute approximate surface area is 113 Å². The minimum absolute atomic E-state index is 0.238. The van der Waals surface area contributed by atoms with Crippen molar-refractivity contribution in [3.05, 3.63) is 40.5 Å². The third-order valence-corrected chi connectivity index (χ3v) is 3.17. The number of rotatable bonds is 2. The summed E-state index contributed by atoms with van der Waals surface area (Å²) in [5, 5.41) is 9.12. The van der Waals surface area contributed by atoms with Crippen LogP contribution in [0.5, 0.6) is 5.75 Å². The first-order valence-corrected chi connectivity index (χ1v) is 5.95. The Bertz CT molecular complexity index is 635. The fourth-order valence-electron chi connectivity index (χ4n) is 1.67. The van der Waals surface area contributed by atoms with E-state index in [1.807, 2.05) is 18.2 Å². The zero-order valence-corrected chi connectivity index (χ0v) is 11.2. The van der Waals surface area contributed by atoms with E-state index in [-0.39, 0.29) is 5.82 Å². The van der Waals surface area contributed by atoms with Crippen LogP contribution in [0.4, 0.5) is 5.82 Å². The second-order valence-electron chi connectivity index (χ2n) is 3.58. The van der Waals surface area contributed by atoms with Crippen LogP contribution in [0.25, 0.3) is 11.1 Å². The average Bonchev–Trinajstić information content (AvgIpc) is 2.38. The largest absolute Gasteiger partial charge is 0.496 e. The van der Waals surface area contributed by atoms with E-state index >= 15 is 0 Å².